The summed E-state index contributed by atoms with van der Waals surface area (Å²) in [5.41, 5.74) is -0.0466. The van der Waals surface area contributed by atoms with Crippen LogP contribution >= 0.6 is 0 Å². The van der Waals surface area contributed by atoms with Gasteiger partial charge in [-0.2, -0.15) is 0 Å². The number of carbonyl (C=O) groups is 2. The molecule has 7 heteroatoms. The summed E-state index contributed by atoms with van der Waals surface area (Å²) in [4.78, 5) is 24.8. The maximum absolute atomic E-state index is 12.7. The predicted octanol–water partition coefficient (Wildman–Crippen LogP) is 3.34. The molecule has 1 heterocycles. The zero-order valence-electron chi connectivity index (χ0n) is 16.0. The van der Waals surface area contributed by atoms with Gasteiger partial charge in [-0.3, -0.25) is 4.79 Å². The first-order chi connectivity index (χ1) is 12.2. The van der Waals surface area contributed by atoms with Gasteiger partial charge in [0.1, 0.15) is 24.9 Å². The average molecular weight is 364 g/mol. The van der Waals surface area contributed by atoms with E-state index >= 15 is 0 Å². The molecule has 0 bridgehead atoms. The third-order valence-corrected chi connectivity index (χ3v) is 3.98. The van der Waals surface area contributed by atoms with Crippen LogP contribution in [0.2, 0.25) is 0 Å². The maximum Gasteiger partial charge on any atom is 0.408 e. The lowest BCUT2D eigenvalue weighted by Gasteiger charge is -2.26. The molecule has 2 amide bonds. The average Bonchev–Trinajstić information content (AvgIpc) is 2.57. The third-order valence-electron chi connectivity index (χ3n) is 3.98. The summed E-state index contributed by atoms with van der Waals surface area (Å²) in [6.07, 6.45) is 0.120. The van der Waals surface area contributed by atoms with Gasteiger partial charge in [-0.1, -0.05) is 20.3 Å². The molecule has 1 aliphatic rings. The van der Waals surface area contributed by atoms with Crippen LogP contribution in [0.4, 0.5) is 10.5 Å². The minimum atomic E-state index is -0.706. The molecule has 0 spiro atoms. The van der Waals surface area contributed by atoms with Crippen molar-refractivity contribution < 1.29 is 23.8 Å². The number of rotatable bonds is 5. The van der Waals surface area contributed by atoms with Gasteiger partial charge in [0.2, 0.25) is 5.91 Å². The summed E-state index contributed by atoms with van der Waals surface area (Å²) >= 11 is 0. The van der Waals surface area contributed by atoms with Crippen LogP contribution in [0.25, 0.3) is 0 Å². The monoisotopic (exact) mass is 364 g/mol. The van der Waals surface area contributed by atoms with Crippen molar-refractivity contribution in [1.82, 2.24) is 5.32 Å². The Kier molecular flexibility index (Phi) is 6.34. The van der Waals surface area contributed by atoms with Gasteiger partial charge in [0.05, 0.1) is 0 Å². The van der Waals surface area contributed by atoms with E-state index in [2.05, 4.69) is 10.6 Å². The van der Waals surface area contributed by atoms with E-state index in [1.165, 1.54) is 0 Å². The summed E-state index contributed by atoms with van der Waals surface area (Å²) < 4.78 is 16.3. The first kappa shape index (κ1) is 19.9. The smallest absolute Gasteiger partial charge is 0.408 e. The van der Waals surface area contributed by atoms with E-state index in [9.17, 15) is 9.59 Å². The lowest BCUT2D eigenvalue weighted by atomic mass is 9.98. The summed E-state index contributed by atoms with van der Waals surface area (Å²) in [5.74, 6) is 0.885. The van der Waals surface area contributed by atoms with E-state index in [4.69, 9.17) is 14.2 Å². The molecule has 26 heavy (non-hydrogen) atoms. The Labute approximate surface area is 154 Å². The minimum absolute atomic E-state index is 0.0558. The SMILES string of the molecule is CCC(C)C(NC(=O)OC(C)(C)C)C(=O)Nc1ccc2c(c1)OCCO2. The number of hydrogen-bond acceptors (Lipinski definition) is 5. The molecule has 0 fully saturated rings. The molecule has 2 rings (SSSR count). The van der Waals surface area contributed by atoms with Crippen LogP contribution in [0.5, 0.6) is 11.5 Å². The number of nitrogens with one attached hydrogen (secondary N) is 2. The lowest BCUT2D eigenvalue weighted by molar-refractivity contribution is -0.119. The van der Waals surface area contributed by atoms with Gasteiger partial charge >= 0.3 is 6.09 Å². The molecular formula is C19H28N2O5. The van der Waals surface area contributed by atoms with Crippen molar-refractivity contribution in [2.24, 2.45) is 5.92 Å². The molecule has 2 unspecified atom stereocenters. The van der Waals surface area contributed by atoms with E-state index < -0.39 is 17.7 Å². The van der Waals surface area contributed by atoms with Gasteiger partial charge in [-0.25, -0.2) is 4.79 Å². The number of fused-ring (bicyclic) bond motifs is 1. The van der Waals surface area contributed by atoms with Crippen LogP contribution in [0.1, 0.15) is 41.0 Å². The van der Waals surface area contributed by atoms with E-state index in [1.54, 1.807) is 39.0 Å². The molecule has 2 N–H and O–H groups in total. The Balaban J connectivity index is 2.07. The molecule has 0 aromatic heterocycles. The van der Waals surface area contributed by atoms with Crippen molar-refractivity contribution in [2.45, 2.75) is 52.7 Å². The minimum Gasteiger partial charge on any atom is -0.486 e. The van der Waals surface area contributed by atoms with Gasteiger partial charge in [-0.15, -0.1) is 0 Å². The summed E-state index contributed by atoms with van der Waals surface area (Å²) in [6.45, 7) is 10.2. The molecule has 1 aliphatic heterocycles. The second-order valence-electron chi connectivity index (χ2n) is 7.36. The number of ether oxygens (including phenoxy) is 3. The van der Waals surface area contributed by atoms with Crippen LogP contribution in [0, 0.1) is 5.92 Å². The van der Waals surface area contributed by atoms with Crippen LogP contribution < -0.4 is 20.1 Å². The fourth-order valence-electron chi connectivity index (χ4n) is 2.48. The topological polar surface area (TPSA) is 85.9 Å². The number of anilines is 1. The summed E-state index contributed by atoms with van der Waals surface area (Å²) in [5, 5.41) is 5.51. The number of alkyl carbamates (subject to hydrolysis) is 1. The quantitative estimate of drug-likeness (QED) is 0.837. The van der Waals surface area contributed by atoms with Gasteiger partial charge in [-0.05, 0) is 38.8 Å². The first-order valence-electron chi connectivity index (χ1n) is 8.89. The Morgan fingerprint density at radius 3 is 2.46 bits per heavy atom. The van der Waals surface area contributed by atoms with Crippen LogP contribution in [0.15, 0.2) is 18.2 Å². The second-order valence-corrected chi connectivity index (χ2v) is 7.36. The van der Waals surface area contributed by atoms with Crippen LogP contribution in [-0.2, 0) is 9.53 Å². The van der Waals surface area contributed by atoms with Crippen molar-refractivity contribution in [3.63, 3.8) is 0 Å². The summed E-state index contributed by atoms with van der Waals surface area (Å²) in [7, 11) is 0. The highest BCUT2D eigenvalue weighted by Gasteiger charge is 2.28. The molecule has 0 saturated heterocycles. The zero-order valence-corrected chi connectivity index (χ0v) is 16.0. The molecule has 0 radical (unpaired) electrons. The molecule has 2 atom stereocenters. The number of hydrogen-bond donors (Lipinski definition) is 2. The van der Waals surface area contributed by atoms with E-state index in [1.807, 2.05) is 13.8 Å². The number of benzene rings is 1. The van der Waals surface area contributed by atoms with Gasteiger partial charge in [0.15, 0.2) is 11.5 Å². The van der Waals surface area contributed by atoms with Crippen molar-refractivity contribution in [3.8, 4) is 11.5 Å². The zero-order chi connectivity index (χ0) is 19.3. The second kappa shape index (κ2) is 8.29. The molecule has 0 aliphatic carbocycles. The standard InChI is InChI=1S/C19H28N2O5/c1-6-12(2)16(21-18(23)26-19(3,4)5)17(22)20-13-7-8-14-15(11-13)25-10-9-24-14/h7-8,11-12,16H,6,9-10H2,1-5H3,(H,20,22)(H,21,23). The predicted molar refractivity (Wildman–Crippen MR) is 98.7 cm³/mol. The fourth-order valence-corrected chi connectivity index (χ4v) is 2.48. The largest absolute Gasteiger partial charge is 0.486 e. The van der Waals surface area contributed by atoms with Crippen molar-refractivity contribution >= 4 is 17.7 Å². The van der Waals surface area contributed by atoms with E-state index in [-0.39, 0.29) is 11.8 Å². The molecule has 1 aromatic carbocycles. The van der Waals surface area contributed by atoms with Crippen molar-refractivity contribution in [1.29, 1.82) is 0 Å². The van der Waals surface area contributed by atoms with Crippen molar-refractivity contribution in [3.05, 3.63) is 18.2 Å². The highest BCUT2D eigenvalue weighted by molar-refractivity contribution is 5.97. The Hall–Kier alpha value is -2.44. The Morgan fingerprint density at radius 1 is 1.19 bits per heavy atom. The highest BCUT2D eigenvalue weighted by atomic mass is 16.6. The van der Waals surface area contributed by atoms with Crippen LogP contribution in [-0.4, -0.2) is 36.9 Å². The molecule has 144 valence electrons. The fraction of sp³-hybridized carbons (Fsp3) is 0.579. The highest BCUT2D eigenvalue weighted by Crippen LogP contribution is 2.32. The molecular weight excluding hydrogens is 336 g/mol. The number of carbonyl (C=O) groups excluding carboxylic acids is 2. The molecule has 0 saturated carbocycles. The van der Waals surface area contributed by atoms with E-state index in [0.29, 0.717) is 30.4 Å². The number of amides is 2. The van der Waals surface area contributed by atoms with E-state index in [0.717, 1.165) is 6.42 Å². The van der Waals surface area contributed by atoms with Crippen molar-refractivity contribution in [2.75, 3.05) is 18.5 Å². The van der Waals surface area contributed by atoms with Gasteiger partial charge in [0.25, 0.3) is 0 Å². The van der Waals surface area contributed by atoms with Gasteiger partial charge < -0.3 is 24.8 Å². The molecule has 1 aromatic rings. The van der Waals surface area contributed by atoms with Crippen LogP contribution in [0.3, 0.4) is 0 Å². The third kappa shape index (κ3) is 5.54. The summed E-state index contributed by atoms with van der Waals surface area (Å²) in [6, 6.07) is 4.51. The first-order valence-corrected chi connectivity index (χ1v) is 8.89. The van der Waals surface area contributed by atoms with Gasteiger partial charge in [0, 0.05) is 11.8 Å². The lowest BCUT2D eigenvalue weighted by Crippen LogP contribution is -2.49. The molecule has 7 nitrogen and oxygen atoms in total. The Bertz CT molecular complexity index is 654. The maximum atomic E-state index is 12.7. The normalized spacial score (nSPS) is 15.6. The Morgan fingerprint density at radius 2 is 1.85 bits per heavy atom.